The van der Waals surface area contributed by atoms with Crippen LogP contribution in [0.1, 0.15) is 6.42 Å². The van der Waals surface area contributed by atoms with E-state index in [1.807, 2.05) is 0 Å². The number of hydrogen-bond donors (Lipinski definition) is 2. The minimum Gasteiger partial charge on any atom is -0.447 e. The summed E-state index contributed by atoms with van der Waals surface area (Å²) >= 11 is 0. The van der Waals surface area contributed by atoms with Crippen LogP contribution in [0.3, 0.4) is 0 Å². The smallest absolute Gasteiger partial charge is 0.414 e. The van der Waals surface area contributed by atoms with Crippen molar-refractivity contribution in [2.45, 2.75) is 6.42 Å². The van der Waals surface area contributed by atoms with E-state index in [0.717, 1.165) is 0 Å². The van der Waals surface area contributed by atoms with Gasteiger partial charge in [0.2, 0.25) is 5.91 Å². The number of carbonyl (C=O) groups excluding carboxylic acids is 2. The molecule has 0 bridgehead atoms. The number of nitrogens with one attached hydrogen (secondary N) is 1. The number of carbonyl (C=O) groups is 2. The lowest BCUT2D eigenvalue weighted by atomic mass is 10.2. The van der Waals surface area contributed by atoms with Crippen LogP contribution in [0, 0.1) is 0 Å². The van der Waals surface area contributed by atoms with Crippen molar-refractivity contribution in [3.05, 3.63) is 24.3 Å². The van der Waals surface area contributed by atoms with Crippen molar-refractivity contribution in [3.63, 3.8) is 0 Å². The maximum atomic E-state index is 11.4. The Morgan fingerprint density at radius 1 is 1.50 bits per heavy atom. The molecule has 1 fully saturated rings. The number of nitrogens with two attached hydrogens (primary N) is 1. The molecule has 0 aliphatic carbocycles. The number of anilines is 2. The van der Waals surface area contributed by atoms with Gasteiger partial charge in [-0.1, -0.05) is 6.07 Å². The van der Waals surface area contributed by atoms with Gasteiger partial charge in [0.05, 0.1) is 6.54 Å². The Morgan fingerprint density at radius 2 is 2.33 bits per heavy atom. The summed E-state index contributed by atoms with van der Waals surface area (Å²) in [6, 6.07) is 7.07. The number of hydrogen-bond acceptors (Lipinski definition) is 4. The van der Waals surface area contributed by atoms with Crippen LogP contribution < -0.4 is 16.0 Å². The van der Waals surface area contributed by atoms with Gasteiger partial charge in [-0.3, -0.25) is 9.69 Å². The van der Waals surface area contributed by atoms with Gasteiger partial charge in [-0.25, -0.2) is 4.79 Å². The quantitative estimate of drug-likeness (QED) is 0.831. The Labute approximate surface area is 105 Å². The van der Waals surface area contributed by atoms with Crippen molar-refractivity contribution in [2.75, 3.05) is 29.9 Å². The van der Waals surface area contributed by atoms with E-state index in [0.29, 0.717) is 31.1 Å². The highest BCUT2D eigenvalue weighted by atomic mass is 16.6. The maximum Gasteiger partial charge on any atom is 0.414 e. The number of rotatable bonds is 4. The first-order valence-electron chi connectivity index (χ1n) is 5.75. The second-order valence-corrected chi connectivity index (χ2v) is 3.90. The first-order valence-corrected chi connectivity index (χ1v) is 5.75. The zero-order valence-corrected chi connectivity index (χ0v) is 9.89. The highest BCUT2D eigenvalue weighted by molar-refractivity contribution is 5.93. The summed E-state index contributed by atoms with van der Waals surface area (Å²) < 4.78 is 4.86. The van der Waals surface area contributed by atoms with E-state index in [4.69, 9.17) is 10.5 Å². The highest BCUT2D eigenvalue weighted by Crippen LogP contribution is 2.22. The lowest BCUT2D eigenvalue weighted by molar-refractivity contribution is -0.116. The maximum absolute atomic E-state index is 11.4. The van der Waals surface area contributed by atoms with Gasteiger partial charge in [0, 0.05) is 24.3 Å². The third-order valence-electron chi connectivity index (χ3n) is 2.57. The van der Waals surface area contributed by atoms with Crippen molar-refractivity contribution in [1.29, 1.82) is 0 Å². The van der Waals surface area contributed by atoms with E-state index in [-0.39, 0.29) is 18.4 Å². The van der Waals surface area contributed by atoms with Gasteiger partial charge in [0.1, 0.15) is 6.61 Å². The molecule has 1 saturated heterocycles. The molecule has 6 heteroatoms. The topological polar surface area (TPSA) is 84.7 Å². The van der Waals surface area contributed by atoms with E-state index in [9.17, 15) is 9.59 Å². The molecule has 2 amide bonds. The van der Waals surface area contributed by atoms with Crippen LogP contribution in [0.4, 0.5) is 16.2 Å². The molecule has 1 heterocycles. The Kier molecular flexibility index (Phi) is 3.78. The highest BCUT2D eigenvalue weighted by Gasteiger charge is 2.23. The van der Waals surface area contributed by atoms with Crippen LogP contribution in [-0.2, 0) is 9.53 Å². The summed E-state index contributed by atoms with van der Waals surface area (Å²) in [5.41, 5.74) is 6.66. The summed E-state index contributed by atoms with van der Waals surface area (Å²) in [5, 5.41) is 2.72. The molecule has 0 unspecified atom stereocenters. The van der Waals surface area contributed by atoms with Crippen molar-refractivity contribution >= 4 is 23.4 Å². The summed E-state index contributed by atoms with van der Waals surface area (Å²) in [6.07, 6.45) is -0.0869. The molecular weight excluding hydrogens is 234 g/mol. The van der Waals surface area contributed by atoms with Crippen LogP contribution in [0.25, 0.3) is 0 Å². The molecule has 0 atom stereocenters. The fourth-order valence-corrected chi connectivity index (χ4v) is 1.73. The Bertz CT molecular complexity index is 462. The lowest BCUT2D eigenvalue weighted by Crippen LogP contribution is -2.23. The molecule has 1 aromatic rings. The van der Waals surface area contributed by atoms with Crippen molar-refractivity contribution < 1.29 is 14.3 Å². The molecule has 0 radical (unpaired) electrons. The van der Waals surface area contributed by atoms with Crippen LogP contribution in [-0.4, -0.2) is 31.7 Å². The lowest BCUT2D eigenvalue weighted by Gasteiger charge is -2.14. The molecule has 2 rings (SSSR count). The molecule has 1 aliphatic heterocycles. The van der Waals surface area contributed by atoms with E-state index in [1.54, 1.807) is 24.3 Å². The molecule has 0 spiro atoms. The van der Waals surface area contributed by atoms with E-state index >= 15 is 0 Å². The van der Waals surface area contributed by atoms with Gasteiger partial charge in [-0.05, 0) is 18.2 Å². The second kappa shape index (κ2) is 5.50. The number of ether oxygens (including phenoxy) is 1. The molecule has 3 N–H and O–H groups in total. The van der Waals surface area contributed by atoms with Gasteiger partial charge < -0.3 is 15.8 Å². The van der Waals surface area contributed by atoms with E-state index in [2.05, 4.69) is 5.32 Å². The number of benzene rings is 1. The second-order valence-electron chi connectivity index (χ2n) is 3.90. The predicted octanol–water partition coefficient (Wildman–Crippen LogP) is 0.930. The van der Waals surface area contributed by atoms with Crippen LogP contribution in [0.2, 0.25) is 0 Å². The minimum atomic E-state index is -0.361. The normalized spacial score (nSPS) is 14.5. The molecule has 18 heavy (non-hydrogen) atoms. The molecule has 6 nitrogen and oxygen atoms in total. The molecular formula is C12H15N3O3. The number of cyclic esters (lactones) is 1. The SMILES string of the molecule is NCCC(=O)Nc1cccc(N2CCOC2=O)c1. The number of nitrogens with zero attached hydrogens (tertiary/aromatic N) is 1. The first kappa shape index (κ1) is 12.4. The van der Waals surface area contributed by atoms with Gasteiger partial charge in [-0.15, -0.1) is 0 Å². The Hall–Kier alpha value is -2.08. The zero-order chi connectivity index (χ0) is 13.0. The van der Waals surface area contributed by atoms with Crippen LogP contribution >= 0.6 is 0 Å². The minimum absolute atomic E-state index is 0.140. The van der Waals surface area contributed by atoms with Gasteiger partial charge in [-0.2, -0.15) is 0 Å². The summed E-state index contributed by atoms with van der Waals surface area (Å²) in [6.45, 7) is 1.23. The van der Waals surface area contributed by atoms with Gasteiger partial charge in [0.25, 0.3) is 0 Å². The van der Waals surface area contributed by atoms with Crippen LogP contribution in [0.5, 0.6) is 0 Å². The van der Waals surface area contributed by atoms with E-state index in [1.165, 1.54) is 4.90 Å². The molecule has 0 aromatic heterocycles. The summed E-state index contributed by atoms with van der Waals surface area (Å²) in [7, 11) is 0. The fourth-order valence-electron chi connectivity index (χ4n) is 1.73. The monoisotopic (exact) mass is 249 g/mol. The average molecular weight is 249 g/mol. The molecule has 0 saturated carbocycles. The van der Waals surface area contributed by atoms with Crippen molar-refractivity contribution in [1.82, 2.24) is 0 Å². The zero-order valence-electron chi connectivity index (χ0n) is 9.89. The number of amides is 2. The van der Waals surface area contributed by atoms with Gasteiger partial charge in [0.15, 0.2) is 0 Å². The van der Waals surface area contributed by atoms with Crippen molar-refractivity contribution in [2.24, 2.45) is 5.73 Å². The average Bonchev–Trinajstić information content (AvgIpc) is 2.76. The summed E-state index contributed by atoms with van der Waals surface area (Å²) in [4.78, 5) is 24.3. The first-order chi connectivity index (χ1) is 8.70. The fraction of sp³-hybridized carbons (Fsp3) is 0.333. The summed E-state index contributed by atoms with van der Waals surface area (Å²) in [5.74, 6) is -0.140. The van der Waals surface area contributed by atoms with Crippen molar-refractivity contribution in [3.8, 4) is 0 Å². The standard InChI is InChI=1S/C12H15N3O3/c13-5-4-11(16)14-9-2-1-3-10(8-9)15-6-7-18-12(15)17/h1-3,8H,4-7,13H2,(H,14,16). The van der Waals surface area contributed by atoms with E-state index < -0.39 is 0 Å². The largest absolute Gasteiger partial charge is 0.447 e. The Morgan fingerprint density at radius 3 is 3.00 bits per heavy atom. The van der Waals surface area contributed by atoms with Crippen LogP contribution in [0.15, 0.2) is 24.3 Å². The Balaban J connectivity index is 2.10. The molecule has 1 aromatic carbocycles. The third-order valence-corrected chi connectivity index (χ3v) is 2.57. The third kappa shape index (κ3) is 2.78. The molecule has 1 aliphatic rings. The van der Waals surface area contributed by atoms with Gasteiger partial charge >= 0.3 is 6.09 Å². The predicted molar refractivity (Wildman–Crippen MR) is 67.4 cm³/mol. The molecule has 96 valence electrons.